The van der Waals surface area contributed by atoms with Crippen LogP contribution in [0.2, 0.25) is 0 Å². The Balaban J connectivity index is 1.71. The molecular weight excluding hydrogens is 312 g/mol. The number of carbonyl (C=O) groups is 1. The van der Waals surface area contributed by atoms with Gasteiger partial charge in [0.15, 0.2) is 0 Å². The summed E-state index contributed by atoms with van der Waals surface area (Å²) in [5.41, 5.74) is 3.05. The van der Waals surface area contributed by atoms with Crippen molar-refractivity contribution >= 4 is 12.0 Å². The van der Waals surface area contributed by atoms with Gasteiger partial charge in [0.1, 0.15) is 17.4 Å². The third-order valence-electron chi connectivity index (χ3n) is 3.70. The first kappa shape index (κ1) is 16.3. The SMILES string of the molecule is N#C/C(=C\c1ccc(-c2ccccc2)cc1)C(=O)NCc1ccco1. The number of carbonyl (C=O) groups excluding carboxylic acids is 1. The smallest absolute Gasteiger partial charge is 0.262 e. The van der Waals surface area contributed by atoms with Crippen LogP contribution in [-0.2, 0) is 11.3 Å². The van der Waals surface area contributed by atoms with Gasteiger partial charge in [-0.3, -0.25) is 4.79 Å². The number of nitrogens with zero attached hydrogens (tertiary/aromatic N) is 1. The minimum atomic E-state index is -0.425. The lowest BCUT2D eigenvalue weighted by molar-refractivity contribution is -0.117. The topological polar surface area (TPSA) is 66.0 Å². The van der Waals surface area contributed by atoms with Crippen molar-refractivity contribution in [3.63, 3.8) is 0 Å². The summed E-state index contributed by atoms with van der Waals surface area (Å²) >= 11 is 0. The van der Waals surface area contributed by atoms with E-state index in [1.165, 1.54) is 6.26 Å². The predicted molar refractivity (Wildman–Crippen MR) is 96.0 cm³/mol. The van der Waals surface area contributed by atoms with E-state index >= 15 is 0 Å². The van der Waals surface area contributed by atoms with Crippen molar-refractivity contribution in [1.82, 2.24) is 5.32 Å². The number of furan rings is 1. The number of nitrogens with one attached hydrogen (secondary N) is 1. The monoisotopic (exact) mass is 328 g/mol. The number of nitriles is 1. The van der Waals surface area contributed by atoms with Gasteiger partial charge in [0, 0.05) is 0 Å². The minimum absolute atomic E-state index is 0.0546. The average Bonchev–Trinajstić information content (AvgIpc) is 3.19. The summed E-state index contributed by atoms with van der Waals surface area (Å²) in [5.74, 6) is 0.212. The van der Waals surface area contributed by atoms with E-state index in [1.54, 1.807) is 18.2 Å². The van der Waals surface area contributed by atoms with Gasteiger partial charge in [-0.15, -0.1) is 0 Å². The molecule has 0 atom stereocenters. The summed E-state index contributed by atoms with van der Waals surface area (Å²) in [6, 6.07) is 23.2. The van der Waals surface area contributed by atoms with Crippen molar-refractivity contribution in [3.8, 4) is 17.2 Å². The Morgan fingerprint density at radius 1 is 1.00 bits per heavy atom. The van der Waals surface area contributed by atoms with E-state index in [-0.39, 0.29) is 12.1 Å². The van der Waals surface area contributed by atoms with Crippen LogP contribution < -0.4 is 5.32 Å². The first-order chi connectivity index (χ1) is 12.3. The highest BCUT2D eigenvalue weighted by Crippen LogP contribution is 2.20. The van der Waals surface area contributed by atoms with Crippen LogP contribution >= 0.6 is 0 Å². The van der Waals surface area contributed by atoms with Gasteiger partial charge in [-0.05, 0) is 34.9 Å². The molecule has 1 N–H and O–H groups in total. The molecule has 1 amide bonds. The molecule has 4 nitrogen and oxygen atoms in total. The van der Waals surface area contributed by atoms with Crippen molar-refractivity contribution in [2.24, 2.45) is 0 Å². The highest BCUT2D eigenvalue weighted by atomic mass is 16.3. The maximum Gasteiger partial charge on any atom is 0.262 e. The number of hydrogen-bond acceptors (Lipinski definition) is 3. The van der Waals surface area contributed by atoms with Crippen molar-refractivity contribution < 1.29 is 9.21 Å². The van der Waals surface area contributed by atoms with Gasteiger partial charge in [-0.2, -0.15) is 5.26 Å². The molecular formula is C21H16N2O2. The zero-order valence-corrected chi connectivity index (χ0v) is 13.5. The maximum absolute atomic E-state index is 12.1. The molecule has 0 saturated carbocycles. The van der Waals surface area contributed by atoms with Gasteiger partial charge in [0.2, 0.25) is 0 Å². The fourth-order valence-electron chi connectivity index (χ4n) is 2.39. The molecule has 0 bridgehead atoms. The third kappa shape index (κ3) is 4.24. The summed E-state index contributed by atoms with van der Waals surface area (Å²) in [5, 5.41) is 11.9. The van der Waals surface area contributed by atoms with Crippen molar-refractivity contribution in [3.05, 3.63) is 89.9 Å². The normalized spacial score (nSPS) is 10.9. The number of benzene rings is 2. The molecule has 4 heteroatoms. The first-order valence-corrected chi connectivity index (χ1v) is 7.84. The van der Waals surface area contributed by atoms with Crippen molar-refractivity contribution in [2.75, 3.05) is 0 Å². The Labute approximate surface area is 146 Å². The van der Waals surface area contributed by atoms with Crippen LogP contribution in [0.15, 0.2) is 83.0 Å². The van der Waals surface area contributed by atoms with E-state index in [0.717, 1.165) is 16.7 Å². The van der Waals surface area contributed by atoms with Gasteiger partial charge < -0.3 is 9.73 Å². The Morgan fingerprint density at radius 3 is 2.36 bits per heavy atom. The van der Waals surface area contributed by atoms with Crippen LogP contribution in [-0.4, -0.2) is 5.91 Å². The summed E-state index contributed by atoms with van der Waals surface area (Å²) < 4.78 is 5.15. The van der Waals surface area contributed by atoms with Crippen molar-refractivity contribution in [2.45, 2.75) is 6.54 Å². The quantitative estimate of drug-likeness (QED) is 0.564. The summed E-state index contributed by atoms with van der Waals surface area (Å²) in [6.45, 7) is 0.248. The van der Waals surface area contributed by atoms with E-state index in [4.69, 9.17) is 4.42 Å². The molecule has 0 spiro atoms. The Bertz CT molecular complexity index is 903. The maximum atomic E-state index is 12.1. The summed E-state index contributed by atoms with van der Waals surface area (Å²) in [7, 11) is 0. The first-order valence-electron chi connectivity index (χ1n) is 7.84. The number of amides is 1. The van der Waals surface area contributed by atoms with Gasteiger partial charge in [0.05, 0.1) is 12.8 Å². The number of rotatable bonds is 5. The van der Waals surface area contributed by atoms with Crippen LogP contribution in [0.25, 0.3) is 17.2 Å². The highest BCUT2D eigenvalue weighted by Gasteiger charge is 2.09. The lowest BCUT2D eigenvalue weighted by atomic mass is 10.0. The van der Waals surface area contributed by atoms with Gasteiger partial charge in [-0.1, -0.05) is 54.6 Å². The molecule has 0 aliphatic rings. The Morgan fingerprint density at radius 2 is 1.72 bits per heavy atom. The van der Waals surface area contributed by atoms with Crippen LogP contribution in [0, 0.1) is 11.3 Å². The number of hydrogen-bond donors (Lipinski definition) is 1. The molecule has 3 aromatic rings. The molecule has 3 rings (SSSR count). The van der Waals surface area contributed by atoms with Crippen LogP contribution in [0.4, 0.5) is 0 Å². The Kier molecular flexibility index (Phi) is 5.08. The van der Waals surface area contributed by atoms with Crippen LogP contribution in [0.3, 0.4) is 0 Å². The second-order valence-electron chi connectivity index (χ2n) is 5.42. The van der Waals surface area contributed by atoms with Crippen LogP contribution in [0.5, 0.6) is 0 Å². The summed E-state index contributed by atoms with van der Waals surface area (Å²) in [6.07, 6.45) is 3.11. The minimum Gasteiger partial charge on any atom is -0.467 e. The van der Waals surface area contributed by atoms with E-state index in [1.807, 2.05) is 60.7 Å². The van der Waals surface area contributed by atoms with E-state index in [2.05, 4.69) is 5.32 Å². The largest absolute Gasteiger partial charge is 0.467 e. The molecule has 0 saturated heterocycles. The van der Waals surface area contributed by atoms with Gasteiger partial charge >= 0.3 is 0 Å². The molecule has 0 radical (unpaired) electrons. The fraction of sp³-hybridized carbons (Fsp3) is 0.0476. The molecule has 0 unspecified atom stereocenters. The second kappa shape index (κ2) is 7.80. The van der Waals surface area contributed by atoms with Crippen molar-refractivity contribution in [1.29, 1.82) is 5.26 Å². The highest BCUT2D eigenvalue weighted by molar-refractivity contribution is 6.01. The molecule has 122 valence electrons. The van der Waals surface area contributed by atoms with E-state index < -0.39 is 5.91 Å². The molecule has 0 aliphatic carbocycles. The lowest BCUT2D eigenvalue weighted by Gasteiger charge is -2.04. The fourth-order valence-corrected chi connectivity index (χ4v) is 2.39. The second-order valence-corrected chi connectivity index (χ2v) is 5.42. The van der Waals surface area contributed by atoms with Crippen LogP contribution in [0.1, 0.15) is 11.3 Å². The summed E-state index contributed by atoms with van der Waals surface area (Å²) in [4.78, 5) is 12.1. The Hall–Kier alpha value is -3.58. The zero-order chi connectivity index (χ0) is 17.5. The molecule has 2 aromatic carbocycles. The lowest BCUT2D eigenvalue weighted by Crippen LogP contribution is -2.23. The molecule has 1 heterocycles. The van der Waals surface area contributed by atoms with E-state index in [9.17, 15) is 10.1 Å². The predicted octanol–water partition coefficient (Wildman–Crippen LogP) is 4.17. The average molecular weight is 328 g/mol. The van der Waals surface area contributed by atoms with Gasteiger partial charge in [-0.25, -0.2) is 0 Å². The molecule has 1 aromatic heterocycles. The molecule has 0 aliphatic heterocycles. The van der Waals surface area contributed by atoms with Gasteiger partial charge in [0.25, 0.3) is 5.91 Å². The third-order valence-corrected chi connectivity index (χ3v) is 3.70. The van der Waals surface area contributed by atoms with E-state index in [0.29, 0.717) is 5.76 Å². The standard InChI is InChI=1S/C21H16N2O2/c22-14-19(21(24)23-15-20-7-4-12-25-20)13-16-8-10-18(11-9-16)17-5-2-1-3-6-17/h1-13H,15H2,(H,23,24)/b19-13+. The molecule has 25 heavy (non-hydrogen) atoms. The zero-order valence-electron chi connectivity index (χ0n) is 13.5. The molecule has 0 fully saturated rings.